The number of nitrogens with zero attached hydrogens (tertiary/aromatic N) is 1. The van der Waals surface area contributed by atoms with Gasteiger partial charge in [0.05, 0.1) is 0 Å². The van der Waals surface area contributed by atoms with Crippen LogP contribution in [0.25, 0.3) is 0 Å². The molecule has 0 aromatic heterocycles. The Balaban J connectivity index is 0.00000169. The number of likely N-dealkylation sites (tertiary alicyclic amines) is 1. The van der Waals surface area contributed by atoms with Gasteiger partial charge >= 0.3 is 0 Å². The number of aliphatic hydroxyl groups is 2. The Morgan fingerprint density at radius 2 is 2.21 bits per heavy atom. The van der Waals surface area contributed by atoms with Crippen molar-refractivity contribution in [2.45, 2.75) is 18.4 Å². The van der Waals surface area contributed by atoms with Crippen LogP contribution >= 0.6 is 0 Å². The van der Waals surface area contributed by atoms with Crippen molar-refractivity contribution in [3.05, 3.63) is 19.2 Å². The van der Waals surface area contributed by atoms with Crippen molar-refractivity contribution in [3.63, 3.8) is 0 Å². The molecule has 5 heteroatoms. The van der Waals surface area contributed by atoms with Gasteiger partial charge in [0.25, 0.3) is 5.91 Å². The van der Waals surface area contributed by atoms with Gasteiger partial charge in [0.15, 0.2) is 0 Å². The number of hydrogen-bond donors (Lipinski definition) is 2. The van der Waals surface area contributed by atoms with Crippen molar-refractivity contribution in [1.82, 2.24) is 4.90 Å². The summed E-state index contributed by atoms with van der Waals surface area (Å²) < 4.78 is 0. The summed E-state index contributed by atoms with van der Waals surface area (Å²) >= 11 is 0. The van der Waals surface area contributed by atoms with Crippen LogP contribution in [0.15, 0.2) is 5.70 Å². The average Bonchev–Trinajstić information content (AvgIpc) is 2.24. The molecule has 77 valence electrons. The fraction of sp³-hybridized carbons (Fsp3) is 0.556. The van der Waals surface area contributed by atoms with Crippen LogP contribution in [0.2, 0.25) is 0 Å². The summed E-state index contributed by atoms with van der Waals surface area (Å²) in [7, 11) is 0. The van der Waals surface area contributed by atoms with Crippen molar-refractivity contribution < 1.29 is 47.7 Å². The molecule has 1 amide bonds. The first-order chi connectivity index (χ1) is 6.05. The number of amides is 1. The maximum atomic E-state index is 11.5. The van der Waals surface area contributed by atoms with Crippen molar-refractivity contribution in [2.24, 2.45) is 0 Å². The third kappa shape index (κ3) is 2.42. The summed E-state index contributed by atoms with van der Waals surface area (Å²) in [5.74, 6) is -0.464. The minimum atomic E-state index is -1.52. The van der Waals surface area contributed by atoms with Crippen molar-refractivity contribution in [3.8, 4) is 0 Å². The van der Waals surface area contributed by atoms with Gasteiger partial charge in [-0.15, -0.1) is 6.54 Å². The Morgan fingerprint density at radius 3 is 2.57 bits per heavy atom. The zero-order chi connectivity index (χ0) is 10.1. The first kappa shape index (κ1) is 14.2. The zero-order valence-corrected chi connectivity index (χ0v) is 10.8. The molecule has 0 aliphatic carbocycles. The van der Waals surface area contributed by atoms with E-state index >= 15 is 0 Å². The summed E-state index contributed by atoms with van der Waals surface area (Å²) in [4.78, 5) is 12.7. The molecule has 1 fully saturated rings. The Bertz CT molecular complexity index is 244. The van der Waals surface area contributed by atoms with Gasteiger partial charge in [0.1, 0.15) is 5.60 Å². The maximum absolute atomic E-state index is 11.5. The average molecular weight is 272 g/mol. The molecule has 14 heavy (non-hydrogen) atoms. The first-order valence-electron chi connectivity index (χ1n) is 4.11. The Labute approximate surface area is 109 Å². The van der Waals surface area contributed by atoms with Gasteiger partial charge in [-0.25, -0.2) is 0 Å². The molecule has 0 aromatic carbocycles. The van der Waals surface area contributed by atoms with E-state index in [4.69, 9.17) is 11.7 Å². The summed E-state index contributed by atoms with van der Waals surface area (Å²) in [5.41, 5.74) is -1.20. The number of carbonyl (C=O) groups is 1. The van der Waals surface area contributed by atoms with Crippen LogP contribution in [0.5, 0.6) is 0 Å². The summed E-state index contributed by atoms with van der Waals surface area (Å²) in [6, 6.07) is 0. The molecule has 4 nitrogen and oxygen atoms in total. The second kappa shape index (κ2) is 5.35. The standard InChI is InChI=1S/C9H13NO3.Y/c1-3-10-7(2)6-9(13,4-5-11)8(10)12;/h2,11,13H,1,3-6H2;/q-2;. The third-order valence-corrected chi connectivity index (χ3v) is 2.21. The molecule has 0 spiro atoms. The minimum absolute atomic E-state index is 0. The van der Waals surface area contributed by atoms with Gasteiger partial charge in [-0.1, -0.05) is 0 Å². The van der Waals surface area contributed by atoms with E-state index in [0.29, 0.717) is 5.70 Å². The van der Waals surface area contributed by atoms with Crippen LogP contribution < -0.4 is 0 Å². The molecule has 1 radical (unpaired) electrons. The Morgan fingerprint density at radius 1 is 1.64 bits per heavy atom. The molecule has 1 atom stereocenters. The summed E-state index contributed by atoms with van der Waals surface area (Å²) in [5, 5.41) is 18.4. The predicted octanol–water partition coefficient (Wildman–Crippen LogP) is -0.519. The SMILES string of the molecule is [CH-]=C1CC(O)(CCO)C(=O)N1C[CH2-].[Y]. The van der Waals surface area contributed by atoms with Crippen molar-refractivity contribution >= 4 is 5.91 Å². The van der Waals surface area contributed by atoms with E-state index in [-0.39, 0.29) is 58.7 Å². The fourth-order valence-electron chi connectivity index (χ4n) is 1.48. The second-order valence-electron chi connectivity index (χ2n) is 3.13. The first-order valence-corrected chi connectivity index (χ1v) is 4.11. The molecule has 1 heterocycles. The zero-order valence-electron chi connectivity index (χ0n) is 7.94. The number of aliphatic hydroxyl groups excluding tert-OH is 1. The van der Waals surface area contributed by atoms with Crippen LogP contribution in [-0.4, -0.2) is 39.8 Å². The van der Waals surface area contributed by atoms with Crippen LogP contribution in [0, 0.1) is 13.5 Å². The third-order valence-electron chi connectivity index (χ3n) is 2.21. The Hall–Kier alpha value is 0.234. The molecule has 1 aliphatic heterocycles. The van der Waals surface area contributed by atoms with Crippen molar-refractivity contribution in [1.29, 1.82) is 0 Å². The monoisotopic (exact) mass is 272 g/mol. The van der Waals surface area contributed by atoms with E-state index in [1.54, 1.807) is 0 Å². The summed E-state index contributed by atoms with van der Waals surface area (Å²) in [6.45, 7) is 9.02. The largest absolute Gasteiger partial charge is 0.493 e. The number of hydrogen-bond acceptors (Lipinski definition) is 3. The van der Waals surface area contributed by atoms with Crippen LogP contribution in [0.3, 0.4) is 0 Å². The van der Waals surface area contributed by atoms with E-state index in [2.05, 4.69) is 6.92 Å². The van der Waals surface area contributed by atoms with Gasteiger partial charge < -0.3 is 28.6 Å². The van der Waals surface area contributed by atoms with Gasteiger partial charge in [-0.3, -0.25) is 4.79 Å². The van der Waals surface area contributed by atoms with Gasteiger partial charge in [-0.2, -0.15) is 5.70 Å². The van der Waals surface area contributed by atoms with Crippen LogP contribution in [-0.2, 0) is 37.5 Å². The quantitative estimate of drug-likeness (QED) is 0.680. The molecule has 1 rings (SSSR count). The molecular weight excluding hydrogens is 259 g/mol. The van der Waals surface area contributed by atoms with E-state index in [9.17, 15) is 9.90 Å². The molecular formula is C9H13NO3Y-2. The van der Waals surface area contributed by atoms with Crippen molar-refractivity contribution in [2.75, 3.05) is 13.2 Å². The van der Waals surface area contributed by atoms with E-state index in [1.807, 2.05) is 0 Å². The van der Waals surface area contributed by atoms with E-state index in [0.717, 1.165) is 0 Å². The maximum Gasteiger partial charge on any atom is 0.254 e. The minimum Gasteiger partial charge on any atom is -0.493 e. The molecule has 1 unspecified atom stereocenters. The van der Waals surface area contributed by atoms with Gasteiger partial charge in [0, 0.05) is 45.7 Å². The van der Waals surface area contributed by atoms with Gasteiger partial charge in [-0.05, 0) is 6.42 Å². The molecule has 1 aliphatic rings. The normalized spacial score (nSPS) is 26.6. The van der Waals surface area contributed by atoms with Gasteiger partial charge in [0.2, 0.25) is 0 Å². The molecule has 0 saturated carbocycles. The van der Waals surface area contributed by atoms with Crippen LogP contribution in [0.1, 0.15) is 12.8 Å². The molecule has 2 N–H and O–H groups in total. The van der Waals surface area contributed by atoms with E-state index < -0.39 is 11.5 Å². The van der Waals surface area contributed by atoms with Crippen LogP contribution in [0.4, 0.5) is 0 Å². The topological polar surface area (TPSA) is 60.8 Å². The Kier molecular flexibility index (Phi) is 5.44. The number of carbonyl (C=O) groups excluding carboxylic acids is 1. The smallest absolute Gasteiger partial charge is 0.254 e. The fourth-order valence-corrected chi connectivity index (χ4v) is 1.48. The summed E-state index contributed by atoms with van der Waals surface area (Å²) in [6.07, 6.45) is 0.102. The second-order valence-corrected chi connectivity index (χ2v) is 3.13. The predicted molar refractivity (Wildman–Crippen MR) is 46.2 cm³/mol. The molecule has 0 aromatic rings. The van der Waals surface area contributed by atoms with E-state index in [1.165, 1.54) is 4.90 Å². The molecule has 0 bridgehead atoms. The molecule has 1 saturated heterocycles. The number of rotatable bonds is 3.